The first-order valence-electron chi connectivity index (χ1n) is 11.2. The molecule has 1 fully saturated rings. The molecule has 10 heteroatoms. The third kappa shape index (κ3) is 7.20. The van der Waals surface area contributed by atoms with Crippen molar-refractivity contribution in [3.8, 4) is 11.5 Å². The van der Waals surface area contributed by atoms with Gasteiger partial charge in [0.15, 0.2) is 5.17 Å². The monoisotopic (exact) mass is 668 g/mol. The average Bonchev–Trinajstić information content (AvgIpc) is 3.17. The third-order valence-corrected chi connectivity index (χ3v) is 7.79. The highest BCUT2D eigenvalue weighted by Crippen LogP contribution is 2.35. The molecule has 1 amide bonds. The van der Waals surface area contributed by atoms with E-state index in [4.69, 9.17) is 42.4 Å². The largest absolute Gasteiger partial charge is 0.497 e. The molecule has 0 aromatic heterocycles. The number of benzene rings is 3. The number of amidine groups is 1. The fraction of sp³-hybridized carbons (Fsp3) is 0.185. The minimum atomic E-state index is -0.109. The lowest BCUT2D eigenvalue weighted by molar-refractivity contribution is -0.122. The SMILES string of the molecule is COCCN1C(=O)/C(=C/c2ccc(OCc3ccc(Cl)cc3Cl)c(I)c2)SC1=Nc1ccc(OC)cc1. The van der Waals surface area contributed by atoms with Crippen LogP contribution in [0, 0.1) is 3.57 Å². The van der Waals surface area contributed by atoms with E-state index in [0.29, 0.717) is 39.9 Å². The van der Waals surface area contributed by atoms with E-state index in [1.165, 1.54) is 11.8 Å². The van der Waals surface area contributed by atoms with Gasteiger partial charge in [0.1, 0.15) is 18.1 Å². The average molecular weight is 669 g/mol. The van der Waals surface area contributed by atoms with E-state index in [0.717, 1.165) is 31.9 Å². The minimum Gasteiger partial charge on any atom is -0.497 e. The van der Waals surface area contributed by atoms with Crippen molar-refractivity contribution >= 4 is 80.4 Å². The summed E-state index contributed by atoms with van der Waals surface area (Å²) >= 11 is 15.8. The molecule has 3 aromatic rings. The quantitative estimate of drug-likeness (QED) is 0.175. The predicted octanol–water partition coefficient (Wildman–Crippen LogP) is 7.44. The van der Waals surface area contributed by atoms with Crippen LogP contribution in [0.25, 0.3) is 6.08 Å². The van der Waals surface area contributed by atoms with Crippen molar-refractivity contribution in [3.63, 3.8) is 0 Å². The summed E-state index contributed by atoms with van der Waals surface area (Å²) in [5, 5.41) is 1.75. The summed E-state index contributed by atoms with van der Waals surface area (Å²) in [4.78, 5) is 20.1. The van der Waals surface area contributed by atoms with Crippen molar-refractivity contribution < 1.29 is 19.0 Å². The molecule has 0 atom stereocenters. The zero-order chi connectivity index (χ0) is 26.4. The van der Waals surface area contributed by atoms with Gasteiger partial charge in [-0.1, -0.05) is 35.3 Å². The van der Waals surface area contributed by atoms with Crippen LogP contribution in [0.2, 0.25) is 10.0 Å². The van der Waals surface area contributed by atoms with Gasteiger partial charge in [-0.3, -0.25) is 9.69 Å². The first-order chi connectivity index (χ1) is 17.9. The van der Waals surface area contributed by atoms with Gasteiger partial charge in [-0.25, -0.2) is 4.99 Å². The molecule has 1 heterocycles. The Bertz CT molecular complexity index is 1350. The Morgan fingerprint density at radius 1 is 1.05 bits per heavy atom. The number of methoxy groups -OCH3 is 2. The Balaban J connectivity index is 1.52. The van der Waals surface area contributed by atoms with Crippen LogP contribution >= 0.6 is 57.6 Å². The van der Waals surface area contributed by atoms with Gasteiger partial charge in [-0.05, 0) is 94.5 Å². The van der Waals surface area contributed by atoms with E-state index in [-0.39, 0.29) is 5.91 Å². The maximum absolute atomic E-state index is 13.2. The molecule has 192 valence electrons. The normalized spacial score (nSPS) is 15.6. The minimum absolute atomic E-state index is 0.109. The zero-order valence-electron chi connectivity index (χ0n) is 20.0. The van der Waals surface area contributed by atoms with Gasteiger partial charge < -0.3 is 14.2 Å². The van der Waals surface area contributed by atoms with Gasteiger partial charge in [0, 0.05) is 22.7 Å². The molecule has 6 nitrogen and oxygen atoms in total. The first kappa shape index (κ1) is 27.8. The summed E-state index contributed by atoms with van der Waals surface area (Å²) in [6, 6.07) is 18.5. The fourth-order valence-electron chi connectivity index (χ4n) is 3.41. The molecule has 4 rings (SSSR count). The van der Waals surface area contributed by atoms with E-state index in [1.54, 1.807) is 31.3 Å². The van der Waals surface area contributed by atoms with Crippen molar-refractivity contribution in [1.29, 1.82) is 0 Å². The lowest BCUT2D eigenvalue weighted by Gasteiger charge is -2.14. The number of hydrogen-bond donors (Lipinski definition) is 0. The van der Waals surface area contributed by atoms with Crippen LogP contribution < -0.4 is 9.47 Å². The van der Waals surface area contributed by atoms with Gasteiger partial charge in [0.05, 0.1) is 34.4 Å². The second-order valence-corrected chi connectivity index (χ2v) is 10.9. The zero-order valence-corrected chi connectivity index (χ0v) is 24.5. The molecule has 0 N–H and O–H groups in total. The Kier molecular flexibility index (Phi) is 9.77. The van der Waals surface area contributed by atoms with Gasteiger partial charge in [-0.15, -0.1) is 0 Å². The van der Waals surface area contributed by atoms with E-state index < -0.39 is 0 Å². The molecule has 0 spiro atoms. The van der Waals surface area contributed by atoms with Crippen LogP contribution in [-0.4, -0.2) is 43.3 Å². The highest BCUT2D eigenvalue weighted by atomic mass is 127. The highest BCUT2D eigenvalue weighted by molar-refractivity contribution is 14.1. The lowest BCUT2D eigenvalue weighted by atomic mass is 10.2. The summed E-state index contributed by atoms with van der Waals surface area (Å²) in [5.41, 5.74) is 2.46. The van der Waals surface area contributed by atoms with Crippen molar-refractivity contribution in [2.24, 2.45) is 4.99 Å². The lowest BCUT2D eigenvalue weighted by Crippen LogP contribution is -2.32. The summed E-state index contributed by atoms with van der Waals surface area (Å²) in [5.74, 6) is 1.36. The van der Waals surface area contributed by atoms with E-state index in [1.807, 2.05) is 54.6 Å². The topological polar surface area (TPSA) is 60.4 Å². The van der Waals surface area contributed by atoms with Crippen LogP contribution in [0.3, 0.4) is 0 Å². The number of nitrogens with zero attached hydrogens (tertiary/aromatic N) is 2. The maximum atomic E-state index is 13.2. The molecule has 0 bridgehead atoms. The van der Waals surface area contributed by atoms with Gasteiger partial charge in [0.25, 0.3) is 5.91 Å². The number of thioether (sulfide) groups is 1. The van der Waals surface area contributed by atoms with Crippen molar-refractivity contribution in [1.82, 2.24) is 4.90 Å². The van der Waals surface area contributed by atoms with Crippen LogP contribution in [0.4, 0.5) is 5.69 Å². The number of rotatable bonds is 9. The molecule has 0 radical (unpaired) electrons. The van der Waals surface area contributed by atoms with Gasteiger partial charge in [0.2, 0.25) is 0 Å². The summed E-state index contributed by atoms with van der Waals surface area (Å²) in [7, 11) is 3.22. The van der Waals surface area contributed by atoms with E-state index >= 15 is 0 Å². The van der Waals surface area contributed by atoms with Crippen LogP contribution in [0.1, 0.15) is 11.1 Å². The fourth-order valence-corrected chi connectivity index (χ4v) is 5.59. The number of hydrogen-bond acceptors (Lipinski definition) is 6. The molecule has 0 aliphatic carbocycles. The van der Waals surface area contributed by atoms with E-state index in [9.17, 15) is 4.79 Å². The summed E-state index contributed by atoms with van der Waals surface area (Å²) < 4.78 is 17.3. The first-order valence-corrected chi connectivity index (χ1v) is 13.8. The molecular formula is C27H23Cl2IN2O4S. The molecule has 1 saturated heterocycles. The second-order valence-electron chi connectivity index (χ2n) is 7.87. The molecule has 0 saturated carbocycles. The number of halogens is 3. The molecule has 1 aliphatic rings. The van der Waals surface area contributed by atoms with Gasteiger partial charge in [-0.2, -0.15) is 0 Å². The Hall–Kier alpha value is -2.24. The molecule has 0 unspecified atom stereocenters. The van der Waals surface area contributed by atoms with Crippen molar-refractivity contribution in [2.75, 3.05) is 27.4 Å². The Morgan fingerprint density at radius 2 is 1.84 bits per heavy atom. The third-order valence-electron chi connectivity index (χ3n) is 5.36. The molecule has 37 heavy (non-hydrogen) atoms. The Morgan fingerprint density at radius 3 is 2.51 bits per heavy atom. The molecule has 3 aromatic carbocycles. The standard InChI is InChI=1S/C27H23Cl2IN2O4S/c1-34-12-11-32-26(33)25(37-27(32)31-20-6-8-21(35-2)9-7-20)14-17-3-10-24(23(30)13-17)36-16-18-4-5-19(28)15-22(18)29/h3-10,13-15H,11-12,16H2,1-2H3/b25-14-,31-27?. The number of carbonyl (C=O) groups excluding carboxylic acids is 1. The maximum Gasteiger partial charge on any atom is 0.266 e. The van der Waals surface area contributed by atoms with Crippen LogP contribution in [0.5, 0.6) is 11.5 Å². The van der Waals surface area contributed by atoms with Gasteiger partial charge >= 0.3 is 0 Å². The second kappa shape index (κ2) is 13.0. The van der Waals surface area contributed by atoms with Crippen molar-refractivity contribution in [3.05, 3.63) is 90.3 Å². The van der Waals surface area contributed by atoms with Crippen LogP contribution in [-0.2, 0) is 16.1 Å². The molecular weight excluding hydrogens is 646 g/mol. The predicted molar refractivity (Wildman–Crippen MR) is 159 cm³/mol. The Labute approximate surface area is 243 Å². The number of amides is 1. The number of aliphatic imine (C=N–C) groups is 1. The molecule has 1 aliphatic heterocycles. The van der Waals surface area contributed by atoms with Crippen molar-refractivity contribution in [2.45, 2.75) is 6.61 Å². The van der Waals surface area contributed by atoms with Crippen LogP contribution in [0.15, 0.2) is 70.6 Å². The number of ether oxygens (including phenoxy) is 3. The summed E-state index contributed by atoms with van der Waals surface area (Å²) in [6.07, 6.45) is 1.87. The highest BCUT2D eigenvalue weighted by Gasteiger charge is 2.33. The smallest absolute Gasteiger partial charge is 0.266 e. The summed E-state index contributed by atoms with van der Waals surface area (Å²) in [6.45, 7) is 1.13. The van der Waals surface area contributed by atoms with E-state index in [2.05, 4.69) is 22.6 Å². The number of carbonyl (C=O) groups is 1.